The highest BCUT2D eigenvalue weighted by Crippen LogP contribution is 2.25. The van der Waals surface area contributed by atoms with E-state index in [1.807, 2.05) is 24.3 Å². The first-order chi connectivity index (χ1) is 13.7. The molecule has 5 heteroatoms. The Labute approximate surface area is 175 Å². The van der Waals surface area contributed by atoms with Crippen LogP contribution in [-0.2, 0) is 12.0 Å². The number of carbonyl (C=O) groups is 1. The molecule has 0 saturated carbocycles. The molecule has 29 heavy (non-hydrogen) atoms. The number of aliphatic imine (C=N–C) groups is 1. The molecule has 0 spiro atoms. The molecule has 2 aromatic rings. The van der Waals surface area contributed by atoms with Gasteiger partial charge in [-0.05, 0) is 42.7 Å². The molecule has 0 aliphatic heterocycles. The molecule has 0 atom stereocenters. The molecular formula is C24H34N4O. The third-order valence-corrected chi connectivity index (χ3v) is 4.94. The highest BCUT2D eigenvalue weighted by Gasteiger charge is 2.22. The Morgan fingerprint density at radius 1 is 1.03 bits per heavy atom. The van der Waals surface area contributed by atoms with Gasteiger partial charge in [0.15, 0.2) is 5.96 Å². The minimum atomic E-state index is -0.0181. The van der Waals surface area contributed by atoms with Gasteiger partial charge in [-0.2, -0.15) is 0 Å². The van der Waals surface area contributed by atoms with Crippen LogP contribution >= 0.6 is 0 Å². The summed E-state index contributed by atoms with van der Waals surface area (Å²) in [6, 6.07) is 16.1. The normalized spacial score (nSPS) is 11.9. The summed E-state index contributed by atoms with van der Waals surface area (Å²) < 4.78 is 0. The van der Waals surface area contributed by atoms with Crippen molar-refractivity contribution in [3.63, 3.8) is 0 Å². The first-order valence-corrected chi connectivity index (χ1v) is 10.1. The van der Waals surface area contributed by atoms with Crippen molar-refractivity contribution in [1.29, 1.82) is 0 Å². The number of hydrogen-bond donors (Lipinski definition) is 2. The number of nitrogens with one attached hydrogen (secondary N) is 2. The molecule has 0 saturated heterocycles. The highest BCUT2D eigenvalue weighted by molar-refractivity contribution is 5.93. The Morgan fingerprint density at radius 2 is 1.69 bits per heavy atom. The van der Waals surface area contributed by atoms with Crippen LogP contribution in [0.3, 0.4) is 0 Å². The SMILES string of the molecule is CCNC(=NCc1ccc(C(=O)N(C)C)cc1)NCC(C)(C)c1ccccc1C. The minimum absolute atomic E-state index is 0.00786. The molecule has 0 unspecified atom stereocenters. The number of amides is 1. The quantitative estimate of drug-likeness (QED) is 0.556. The monoisotopic (exact) mass is 394 g/mol. The van der Waals surface area contributed by atoms with E-state index in [9.17, 15) is 4.79 Å². The number of hydrogen-bond acceptors (Lipinski definition) is 2. The van der Waals surface area contributed by atoms with Gasteiger partial charge in [0.25, 0.3) is 5.91 Å². The Bertz CT molecular complexity index is 838. The van der Waals surface area contributed by atoms with Crippen LogP contribution in [-0.4, -0.2) is 44.0 Å². The number of benzene rings is 2. The number of rotatable bonds is 7. The fourth-order valence-electron chi connectivity index (χ4n) is 3.26. The summed E-state index contributed by atoms with van der Waals surface area (Å²) in [5, 5.41) is 6.79. The second-order valence-electron chi connectivity index (χ2n) is 8.14. The average molecular weight is 395 g/mol. The highest BCUT2D eigenvalue weighted by atomic mass is 16.2. The standard InChI is InChI=1S/C24H34N4O/c1-7-25-23(27-17-24(3,4)21-11-9-8-10-18(21)2)26-16-19-12-14-20(15-13-19)22(29)28(5)6/h8-15H,7,16-17H2,1-6H3,(H2,25,26,27). The van der Waals surface area contributed by atoms with E-state index in [-0.39, 0.29) is 11.3 Å². The topological polar surface area (TPSA) is 56.7 Å². The van der Waals surface area contributed by atoms with Crippen molar-refractivity contribution < 1.29 is 4.79 Å². The van der Waals surface area contributed by atoms with Gasteiger partial charge in [-0.1, -0.05) is 50.2 Å². The molecular weight excluding hydrogens is 360 g/mol. The third kappa shape index (κ3) is 6.34. The van der Waals surface area contributed by atoms with Gasteiger partial charge >= 0.3 is 0 Å². The van der Waals surface area contributed by atoms with Gasteiger partial charge < -0.3 is 15.5 Å². The molecule has 2 rings (SSSR count). The molecule has 156 valence electrons. The molecule has 0 aliphatic carbocycles. The molecule has 0 aliphatic rings. The van der Waals surface area contributed by atoms with E-state index in [1.54, 1.807) is 19.0 Å². The van der Waals surface area contributed by atoms with Gasteiger partial charge in [0.2, 0.25) is 0 Å². The van der Waals surface area contributed by atoms with E-state index in [2.05, 4.69) is 62.6 Å². The predicted molar refractivity (Wildman–Crippen MR) is 121 cm³/mol. The average Bonchev–Trinajstić information content (AvgIpc) is 2.70. The van der Waals surface area contributed by atoms with Crippen molar-refractivity contribution in [3.8, 4) is 0 Å². The number of aryl methyl sites for hydroxylation is 1. The minimum Gasteiger partial charge on any atom is -0.357 e. The molecule has 1 amide bonds. The summed E-state index contributed by atoms with van der Waals surface area (Å²) in [7, 11) is 3.51. The Balaban J connectivity index is 2.04. The lowest BCUT2D eigenvalue weighted by Gasteiger charge is -2.28. The Hall–Kier alpha value is -2.82. The molecule has 0 radical (unpaired) electrons. The van der Waals surface area contributed by atoms with E-state index in [4.69, 9.17) is 4.99 Å². The second-order valence-corrected chi connectivity index (χ2v) is 8.14. The van der Waals surface area contributed by atoms with Gasteiger partial charge in [-0.25, -0.2) is 4.99 Å². The van der Waals surface area contributed by atoms with Gasteiger partial charge in [-0.15, -0.1) is 0 Å². The van der Waals surface area contributed by atoms with E-state index in [0.717, 1.165) is 24.6 Å². The van der Waals surface area contributed by atoms with E-state index in [1.165, 1.54) is 11.1 Å². The van der Waals surface area contributed by atoms with Crippen molar-refractivity contribution in [2.24, 2.45) is 4.99 Å². The van der Waals surface area contributed by atoms with Crippen molar-refractivity contribution in [1.82, 2.24) is 15.5 Å². The lowest BCUT2D eigenvalue weighted by atomic mass is 9.82. The second kappa shape index (κ2) is 10.1. The predicted octanol–water partition coefficient (Wildman–Crippen LogP) is 3.73. The largest absolute Gasteiger partial charge is 0.357 e. The van der Waals surface area contributed by atoms with Crippen molar-refractivity contribution >= 4 is 11.9 Å². The van der Waals surface area contributed by atoms with E-state index >= 15 is 0 Å². The number of nitrogens with zero attached hydrogens (tertiary/aromatic N) is 2. The lowest BCUT2D eigenvalue weighted by Crippen LogP contribution is -2.43. The lowest BCUT2D eigenvalue weighted by molar-refractivity contribution is 0.0827. The summed E-state index contributed by atoms with van der Waals surface area (Å²) in [6.07, 6.45) is 0. The third-order valence-electron chi connectivity index (χ3n) is 4.94. The van der Waals surface area contributed by atoms with Crippen LogP contribution in [0.15, 0.2) is 53.5 Å². The molecule has 2 aromatic carbocycles. The Kier molecular flexibility index (Phi) is 7.82. The summed E-state index contributed by atoms with van der Waals surface area (Å²) in [6.45, 7) is 10.8. The van der Waals surface area contributed by atoms with Crippen molar-refractivity contribution in [2.45, 2.75) is 39.7 Å². The van der Waals surface area contributed by atoms with Gasteiger partial charge in [0.1, 0.15) is 0 Å². The summed E-state index contributed by atoms with van der Waals surface area (Å²) in [4.78, 5) is 18.3. The van der Waals surface area contributed by atoms with Crippen molar-refractivity contribution in [3.05, 3.63) is 70.8 Å². The van der Waals surface area contributed by atoms with Crippen LogP contribution in [0, 0.1) is 6.92 Å². The van der Waals surface area contributed by atoms with Crippen LogP contribution < -0.4 is 10.6 Å². The first kappa shape index (κ1) is 22.5. The molecule has 5 nitrogen and oxygen atoms in total. The van der Waals surface area contributed by atoms with E-state index in [0.29, 0.717) is 12.1 Å². The molecule has 2 N–H and O–H groups in total. The fraction of sp³-hybridized carbons (Fsp3) is 0.417. The van der Waals surface area contributed by atoms with Gasteiger partial charge in [0.05, 0.1) is 6.54 Å². The molecule has 0 fully saturated rings. The number of carbonyl (C=O) groups excluding carboxylic acids is 1. The summed E-state index contributed by atoms with van der Waals surface area (Å²) in [5.74, 6) is 0.802. The first-order valence-electron chi connectivity index (χ1n) is 10.1. The summed E-state index contributed by atoms with van der Waals surface area (Å²) in [5.41, 5.74) is 4.37. The fourth-order valence-corrected chi connectivity index (χ4v) is 3.26. The molecule has 0 heterocycles. The molecule has 0 bridgehead atoms. The van der Waals surface area contributed by atoms with Crippen LogP contribution in [0.5, 0.6) is 0 Å². The zero-order chi connectivity index (χ0) is 21.4. The van der Waals surface area contributed by atoms with Crippen LogP contribution in [0.1, 0.15) is 47.8 Å². The Morgan fingerprint density at radius 3 is 2.28 bits per heavy atom. The van der Waals surface area contributed by atoms with Gasteiger partial charge in [0, 0.05) is 38.2 Å². The maximum atomic E-state index is 12.0. The van der Waals surface area contributed by atoms with Crippen molar-refractivity contribution in [2.75, 3.05) is 27.2 Å². The van der Waals surface area contributed by atoms with Crippen LogP contribution in [0.25, 0.3) is 0 Å². The number of guanidine groups is 1. The maximum absolute atomic E-state index is 12.0. The van der Waals surface area contributed by atoms with Crippen LogP contribution in [0.2, 0.25) is 0 Å². The van der Waals surface area contributed by atoms with E-state index < -0.39 is 0 Å². The summed E-state index contributed by atoms with van der Waals surface area (Å²) >= 11 is 0. The smallest absolute Gasteiger partial charge is 0.253 e. The van der Waals surface area contributed by atoms with Crippen LogP contribution in [0.4, 0.5) is 0 Å². The molecule has 0 aromatic heterocycles. The van der Waals surface area contributed by atoms with Gasteiger partial charge in [-0.3, -0.25) is 4.79 Å². The maximum Gasteiger partial charge on any atom is 0.253 e. The zero-order valence-corrected chi connectivity index (χ0v) is 18.5. The zero-order valence-electron chi connectivity index (χ0n) is 18.5.